The maximum absolute atomic E-state index is 9.24. The van der Waals surface area contributed by atoms with Crippen LogP contribution in [0, 0.1) is 7.43 Å². The van der Waals surface area contributed by atoms with Crippen molar-refractivity contribution in [2.24, 2.45) is 5.73 Å². The van der Waals surface area contributed by atoms with Gasteiger partial charge in [0.05, 0.1) is 6.54 Å². The summed E-state index contributed by atoms with van der Waals surface area (Å²) in [6, 6.07) is 0. The van der Waals surface area contributed by atoms with Gasteiger partial charge < -0.3 is 18.3 Å². The van der Waals surface area contributed by atoms with Crippen LogP contribution in [0.1, 0.15) is 0 Å². The van der Waals surface area contributed by atoms with Gasteiger partial charge in [0.15, 0.2) is 0 Å². The van der Waals surface area contributed by atoms with Crippen molar-refractivity contribution in [2.75, 3.05) is 6.54 Å². The molecule has 0 aliphatic carbocycles. The maximum atomic E-state index is 9.24. The Morgan fingerprint density at radius 3 is 1.86 bits per heavy atom. The van der Waals surface area contributed by atoms with E-state index in [2.05, 4.69) is 5.73 Å². The van der Waals surface area contributed by atoms with Crippen molar-refractivity contribution in [3.63, 3.8) is 0 Å². The largest absolute Gasteiger partial charge is 1.00 e. The van der Waals surface area contributed by atoms with Crippen molar-refractivity contribution in [1.82, 2.24) is 0 Å². The van der Waals surface area contributed by atoms with Gasteiger partial charge in [0.2, 0.25) is 0 Å². The third-order valence-corrected chi connectivity index (χ3v) is 0.175. The predicted molar refractivity (Wildman–Crippen MR) is 23.1 cm³/mol. The molecule has 0 amide bonds. The van der Waals surface area contributed by atoms with E-state index in [-0.39, 0.29) is 43.5 Å². The van der Waals surface area contributed by atoms with E-state index in [1.165, 1.54) is 0 Å². The Labute approximate surface area is 65.2 Å². The summed E-state index contributed by atoms with van der Waals surface area (Å²) in [6.07, 6.45) is 0. The Morgan fingerprint density at radius 2 is 1.86 bits per heavy atom. The summed E-state index contributed by atoms with van der Waals surface area (Å²) in [5, 5.41) is 7.60. The van der Waals surface area contributed by atoms with Gasteiger partial charge >= 0.3 is 35.5 Å². The summed E-state index contributed by atoms with van der Waals surface area (Å²) in [6.45, 7) is -0.278. The molecule has 0 rings (SSSR count). The first-order chi connectivity index (χ1) is 2.27. The molecule has 0 aliphatic heterocycles. The fourth-order valence-corrected chi connectivity index (χ4v) is 0. The topological polar surface area (TPSA) is 63.3 Å². The molecule has 0 aliphatic rings. The van der Waals surface area contributed by atoms with Crippen LogP contribution >= 0.6 is 0 Å². The first-order valence-electron chi connectivity index (χ1n) is 1.19. The zero-order valence-corrected chi connectivity index (χ0v) is 6.64. The number of rotatable bonds is 1. The summed E-state index contributed by atoms with van der Waals surface area (Å²) in [5.41, 5.74) is 4.57. The van der Waals surface area contributed by atoms with Gasteiger partial charge in [-0.25, -0.2) is 0 Å². The Balaban J connectivity index is -0.0000000800. The van der Waals surface area contributed by atoms with Crippen LogP contribution in [-0.2, 0) is 4.79 Å². The Kier molecular flexibility index (Phi) is 21.6. The molecule has 0 saturated carbocycles. The molecular formula is C3H8NNaO2. The molecule has 0 aromatic rings. The Hall–Kier alpha value is 0.430. The van der Waals surface area contributed by atoms with Gasteiger partial charge in [-0.15, -0.1) is 0 Å². The van der Waals surface area contributed by atoms with Gasteiger partial charge in [0.25, 0.3) is 0 Å². The first kappa shape index (κ1) is 15.7. The monoisotopic (exact) mass is 113 g/mol. The molecule has 3 nitrogen and oxygen atoms in total. The fraction of sp³-hybridized carbons (Fsp3) is 0.333. The molecular weight excluding hydrogens is 105 g/mol. The van der Waals surface area contributed by atoms with Gasteiger partial charge in [0.1, 0.15) is 0 Å². The van der Waals surface area contributed by atoms with E-state index < -0.39 is 5.97 Å². The zero-order chi connectivity index (χ0) is 4.28. The quantitative estimate of drug-likeness (QED) is 0.274. The smallest absolute Gasteiger partial charge is 0.480 e. The van der Waals surface area contributed by atoms with Gasteiger partial charge in [-0.2, -0.15) is 0 Å². The van der Waals surface area contributed by atoms with E-state index in [9.17, 15) is 4.79 Å². The van der Waals surface area contributed by atoms with Gasteiger partial charge in [-0.05, 0) is 0 Å². The molecule has 7 heavy (non-hydrogen) atoms. The SMILES string of the molecule is NCC(=O)O.[CH3-].[Na+]. The minimum Gasteiger partial charge on any atom is -0.480 e. The summed E-state index contributed by atoms with van der Waals surface area (Å²) >= 11 is 0. The van der Waals surface area contributed by atoms with Crippen molar-refractivity contribution >= 4 is 5.97 Å². The van der Waals surface area contributed by atoms with Crippen molar-refractivity contribution in [2.45, 2.75) is 0 Å². The van der Waals surface area contributed by atoms with Crippen LogP contribution in [0.5, 0.6) is 0 Å². The zero-order valence-electron chi connectivity index (χ0n) is 4.64. The van der Waals surface area contributed by atoms with Gasteiger partial charge in [-0.3, -0.25) is 4.79 Å². The Morgan fingerprint density at radius 1 is 1.71 bits per heavy atom. The number of carboxylic acid groups (broad SMARTS) is 1. The standard InChI is InChI=1S/C2H5NO2.CH3.Na/c3-1-2(4)5;;/h1,3H2,(H,4,5);1H3;/q;-1;+1. The second kappa shape index (κ2) is 9.66. The number of hydrogen-bond donors (Lipinski definition) is 2. The van der Waals surface area contributed by atoms with Crippen molar-refractivity contribution < 1.29 is 39.5 Å². The average molecular weight is 113 g/mol. The van der Waals surface area contributed by atoms with E-state index >= 15 is 0 Å². The number of carboxylic acids is 1. The molecule has 0 radical (unpaired) electrons. The average Bonchev–Trinajstić information content (AvgIpc) is 1.38. The number of carbonyl (C=O) groups is 1. The molecule has 38 valence electrons. The van der Waals surface area contributed by atoms with Crippen molar-refractivity contribution in [1.29, 1.82) is 0 Å². The first-order valence-corrected chi connectivity index (χ1v) is 1.19. The predicted octanol–water partition coefficient (Wildman–Crippen LogP) is -3.52. The normalized spacial score (nSPS) is 5.29. The van der Waals surface area contributed by atoms with Gasteiger partial charge in [-0.1, -0.05) is 0 Å². The van der Waals surface area contributed by atoms with Crippen LogP contribution < -0.4 is 35.3 Å². The van der Waals surface area contributed by atoms with Crippen molar-refractivity contribution in [3.8, 4) is 0 Å². The van der Waals surface area contributed by atoms with E-state index in [0.29, 0.717) is 0 Å². The molecule has 0 unspecified atom stereocenters. The second-order valence-electron chi connectivity index (χ2n) is 0.598. The number of nitrogens with two attached hydrogens (primary N) is 1. The molecule has 0 aromatic heterocycles. The van der Waals surface area contributed by atoms with Crippen LogP contribution in [0.3, 0.4) is 0 Å². The second-order valence-corrected chi connectivity index (χ2v) is 0.598. The third-order valence-electron chi connectivity index (χ3n) is 0.175. The molecule has 3 N–H and O–H groups in total. The summed E-state index contributed by atoms with van der Waals surface area (Å²) in [5.74, 6) is -0.968. The molecule has 0 fully saturated rings. The summed E-state index contributed by atoms with van der Waals surface area (Å²) in [7, 11) is 0. The van der Waals surface area contributed by atoms with Crippen LogP contribution in [0.4, 0.5) is 0 Å². The summed E-state index contributed by atoms with van der Waals surface area (Å²) < 4.78 is 0. The molecule has 0 spiro atoms. The third kappa shape index (κ3) is 21.4. The number of hydrogen-bond acceptors (Lipinski definition) is 2. The van der Waals surface area contributed by atoms with Crippen LogP contribution in [0.25, 0.3) is 0 Å². The Bertz CT molecular complexity index is 48.2. The van der Waals surface area contributed by atoms with E-state index in [1.54, 1.807) is 0 Å². The van der Waals surface area contributed by atoms with E-state index in [0.717, 1.165) is 0 Å². The molecule has 0 aromatic carbocycles. The number of aliphatic carboxylic acids is 1. The molecule has 0 bridgehead atoms. The van der Waals surface area contributed by atoms with E-state index in [4.69, 9.17) is 5.11 Å². The molecule has 0 saturated heterocycles. The maximum Gasteiger partial charge on any atom is 1.00 e. The van der Waals surface area contributed by atoms with E-state index in [1.807, 2.05) is 0 Å². The minimum atomic E-state index is -0.968. The molecule has 0 heterocycles. The van der Waals surface area contributed by atoms with Crippen LogP contribution in [0.15, 0.2) is 0 Å². The van der Waals surface area contributed by atoms with Crippen LogP contribution in [-0.4, -0.2) is 17.6 Å². The minimum absolute atomic E-state index is 0. The van der Waals surface area contributed by atoms with Crippen molar-refractivity contribution in [3.05, 3.63) is 7.43 Å². The molecule has 0 atom stereocenters. The summed E-state index contributed by atoms with van der Waals surface area (Å²) in [4.78, 5) is 9.24. The molecule has 4 heteroatoms. The van der Waals surface area contributed by atoms with Gasteiger partial charge in [0, 0.05) is 0 Å². The fourth-order valence-electron chi connectivity index (χ4n) is 0. The van der Waals surface area contributed by atoms with Crippen LogP contribution in [0.2, 0.25) is 0 Å².